The fourth-order valence-electron chi connectivity index (χ4n) is 2.84. The summed E-state index contributed by atoms with van der Waals surface area (Å²) in [5.74, 6) is 1.36. The summed E-state index contributed by atoms with van der Waals surface area (Å²) >= 11 is 0. The van der Waals surface area contributed by atoms with Gasteiger partial charge in [-0.25, -0.2) is 0 Å². The molecule has 1 rings (SSSR count). The third kappa shape index (κ3) is 6.23. The van der Waals surface area contributed by atoms with E-state index in [1.165, 1.54) is 25.9 Å². The van der Waals surface area contributed by atoms with Crippen LogP contribution in [0.25, 0.3) is 0 Å². The second kappa shape index (κ2) is 9.35. The highest BCUT2D eigenvalue weighted by atomic mass is 16.2. The van der Waals surface area contributed by atoms with E-state index in [9.17, 15) is 4.79 Å². The first kappa shape index (κ1) is 17.4. The molecule has 0 spiro atoms. The van der Waals surface area contributed by atoms with Crippen molar-refractivity contribution in [3.05, 3.63) is 0 Å². The zero-order chi connectivity index (χ0) is 15.0. The Morgan fingerprint density at radius 3 is 2.60 bits per heavy atom. The van der Waals surface area contributed by atoms with Crippen molar-refractivity contribution in [2.24, 2.45) is 17.6 Å². The molecular weight excluding hydrogens is 250 g/mol. The van der Waals surface area contributed by atoms with E-state index in [2.05, 4.69) is 18.9 Å². The van der Waals surface area contributed by atoms with Gasteiger partial charge in [-0.15, -0.1) is 0 Å². The minimum Gasteiger partial charge on any atom is -0.343 e. The number of amides is 1. The average Bonchev–Trinajstić information content (AvgIpc) is 2.45. The zero-order valence-electron chi connectivity index (χ0n) is 13.6. The molecule has 0 aliphatic carbocycles. The third-order valence-electron chi connectivity index (χ3n) is 4.36. The maximum absolute atomic E-state index is 12.1. The summed E-state index contributed by atoms with van der Waals surface area (Å²) in [6, 6.07) is 0. The van der Waals surface area contributed by atoms with Crippen molar-refractivity contribution in [2.45, 2.75) is 46.0 Å². The van der Waals surface area contributed by atoms with Gasteiger partial charge >= 0.3 is 0 Å². The number of carbonyl (C=O) groups is 1. The zero-order valence-corrected chi connectivity index (χ0v) is 13.6. The second-order valence-electron chi connectivity index (χ2n) is 6.48. The number of likely N-dealkylation sites (tertiary alicyclic amines) is 1. The molecule has 1 aliphatic rings. The van der Waals surface area contributed by atoms with Crippen molar-refractivity contribution in [3.8, 4) is 0 Å². The van der Waals surface area contributed by atoms with Crippen LogP contribution >= 0.6 is 0 Å². The molecule has 1 atom stereocenters. The third-order valence-corrected chi connectivity index (χ3v) is 4.36. The molecule has 1 heterocycles. The molecular formula is C16H33N3O. The summed E-state index contributed by atoms with van der Waals surface area (Å²) < 4.78 is 0. The lowest BCUT2D eigenvalue weighted by Crippen LogP contribution is -2.41. The molecule has 0 bridgehead atoms. The number of carbonyl (C=O) groups excluding carboxylic acids is 1. The number of rotatable bonds is 8. The van der Waals surface area contributed by atoms with Gasteiger partial charge in [-0.1, -0.05) is 20.3 Å². The van der Waals surface area contributed by atoms with Crippen LogP contribution in [0.2, 0.25) is 0 Å². The van der Waals surface area contributed by atoms with Crippen LogP contribution < -0.4 is 5.73 Å². The lowest BCUT2D eigenvalue weighted by molar-refractivity contribution is -0.133. The Balaban J connectivity index is 2.24. The predicted octanol–water partition coefficient (Wildman–Crippen LogP) is 1.94. The van der Waals surface area contributed by atoms with Crippen LogP contribution in [0.4, 0.5) is 0 Å². The van der Waals surface area contributed by atoms with Crippen LogP contribution in [0.3, 0.4) is 0 Å². The molecule has 0 aromatic heterocycles. The number of nitrogens with zero attached hydrogens (tertiary/aromatic N) is 2. The first-order valence-corrected chi connectivity index (χ1v) is 8.23. The Bertz CT molecular complexity index is 275. The molecule has 1 fully saturated rings. The van der Waals surface area contributed by atoms with E-state index in [-0.39, 0.29) is 0 Å². The smallest absolute Gasteiger partial charge is 0.222 e. The van der Waals surface area contributed by atoms with E-state index >= 15 is 0 Å². The van der Waals surface area contributed by atoms with Crippen LogP contribution in [0.15, 0.2) is 0 Å². The van der Waals surface area contributed by atoms with Crippen molar-refractivity contribution in [2.75, 3.05) is 39.8 Å². The standard InChI is InChI=1S/C16H33N3O/c1-4-5-8-18(3)13-15-6-9-19(10-7-15)16(20)11-14(2)12-17/h14-15H,4-13,17H2,1-3H3. The van der Waals surface area contributed by atoms with Crippen molar-refractivity contribution in [3.63, 3.8) is 0 Å². The van der Waals surface area contributed by atoms with E-state index in [1.54, 1.807) is 0 Å². The summed E-state index contributed by atoms with van der Waals surface area (Å²) in [7, 11) is 2.22. The SMILES string of the molecule is CCCCN(C)CC1CCN(C(=O)CC(C)CN)CC1. The summed E-state index contributed by atoms with van der Waals surface area (Å²) in [4.78, 5) is 16.6. The van der Waals surface area contributed by atoms with Gasteiger partial charge in [0.05, 0.1) is 0 Å². The van der Waals surface area contributed by atoms with Gasteiger partial charge in [0.15, 0.2) is 0 Å². The molecule has 1 amide bonds. The number of piperidine rings is 1. The number of unbranched alkanes of at least 4 members (excludes halogenated alkanes) is 1. The topological polar surface area (TPSA) is 49.6 Å². The van der Waals surface area contributed by atoms with Crippen LogP contribution in [0, 0.1) is 11.8 Å². The maximum atomic E-state index is 12.1. The van der Waals surface area contributed by atoms with Gasteiger partial charge in [0.2, 0.25) is 5.91 Å². The molecule has 4 heteroatoms. The Morgan fingerprint density at radius 2 is 2.05 bits per heavy atom. The van der Waals surface area contributed by atoms with E-state index in [4.69, 9.17) is 5.73 Å². The Morgan fingerprint density at radius 1 is 1.40 bits per heavy atom. The predicted molar refractivity (Wildman–Crippen MR) is 84.5 cm³/mol. The van der Waals surface area contributed by atoms with Crippen LogP contribution in [0.1, 0.15) is 46.0 Å². The Labute approximate surface area is 124 Å². The number of nitrogens with two attached hydrogens (primary N) is 1. The monoisotopic (exact) mass is 283 g/mol. The van der Waals surface area contributed by atoms with E-state index in [0.717, 1.165) is 31.8 Å². The van der Waals surface area contributed by atoms with Crippen LogP contribution in [0.5, 0.6) is 0 Å². The summed E-state index contributed by atoms with van der Waals surface area (Å²) in [6.45, 7) is 9.13. The van der Waals surface area contributed by atoms with Gasteiger partial charge in [-0.05, 0) is 51.2 Å². The summed E-state index contributed by atoms with van der Waals surface area (Å²) in [5.41, 5.74) is 5.59. The van der Waals surface area contributed by atoms with Gasteiger partial charge < -0.3 is 15.5 Å². The highest BCUT2D eigenvalue weighted by molar-refractivity contribution is 5.76. The molecule has 0 radical (unpaired) electrons. The Kier molecular flexibility index (Phi) is 8.15. The van der Waals surface area contributed by atoms with Crippen molar-refractivity contribution >= 4 is 5.91 Å². The van der Waals surface area contributed by atoms with Gasteiger partial charge in [-0.3, -0.25) is 4.79 Å². The maximum Gasteiger partial charge on any atom is 0.222 e. The molecule has 1 aliphatic heterocycles. The van der Waals surface area contributed by atoms with Crippen LogP contribution in [-0.4, -0.2) is 55.5 Å². The largest absolute Gasteiger partial charge is 0.343 e. The second-order valence-corrected chi connectivity index (χ2v) is 6.48. The highest BCUT2D eigenvalue weighted by Gasteiger charge is 2.24. The molecule has 1 unspecified atom stereocenters. The van der Waals surface area contributed by atoms with Gasteiger partial charge in [-0.2, -0.15) is 0 Å². The van der Waals surface area contributed by atoms with E-state index in [0.29, 0.717) is 24.8 Å². The normalized spacial score (nSPS) is 18.6. The molecule has 0 aromatic carbocycles. The minimum absolute atomic E-state index is 0.292. The molecule has 20 heavy (non-hydrogen) atoms. The fourth-order valence-corrected chi connectivity index (χ4v) is 2.84. The van der Waals surface area contributed by atoms with E-state index < -0.39 is 0 Å². The molecule has 2 N–H and O–H groups in total. The first-order valence-electron chi connectivity index (χ1n) is 8.23. The average molecular weight is 283 g/mol. The van der Waals surface area contributed by atoms with Crippen molar-refractivity contribution in [1.82, 2.24) is 9.80 Å². The number of hydrogen-bond donors (Lipinski definition) is 1. The first-order chi connectivity index (χ1) is 9.56. The van der Waals surface area contributed by atoms with Gasteiger partial charge in [0.1, 0.15) is 0 Å². The van der Waals surface area contributed by atoms with Crippen LogP contribution in [-0.2, 0) is 4.79 Å². The summed E-state index contributed by atoms with van der Waals surface area (Å²) in [5, 5.41) is 0. The van der Waals surface area contributed by atoms with Gasteiger partial charge in [0.25, 0.3) is 0 Å². The highest BCUT2D eigenvalue weighted by Crippen LogP contribution is 2.19. The molecule has 0 saturated carbocycles. The van der Waals surface area contributed by atoms with E-state index in [1.807, 2.05) is 11.8 Å². The van der Waals surface area contributed by atoms with Gasteiger partial charge in [0, 0.05) is 26.1 Å². The van der Waals surface area contributed by atoms with Crippen molar-refractivity contribution < 1.29 is 4.79 Å². The molecule has 118 valence electrons. The quantitative estimate of drug-likeness (QED) is 0.740. The van der Waals surface area contributed by atoms with Crippen molar-refractivity contribution in [1.29, 1.82) is 0 Å². The molecule has 1 saturated heterocycles. The summed E-state index contributed by atoms with van der Waals surface area (Å²) in [6.07, 6.45) is 5.46. The lowest BCUT2D eigenvalue weighted by atomic mass is 9.95. The molecule has 0 aromatic rings. The minimum atomic E-state index is 0.292. The Hall–Kier alpha value is -0.610. The fraction of sp³-hybridized carbons (Fsp3) is 0.938. The molecule has 4 nitrogen and oxygen atoms in total. The number of hydrogen-bond acceptors (Lipinski definition) is 3. The lowest BCUT2D eigenvalue weighted by Gasteiger charge is -2.34.